The van der Waals surface area contributed by atoms with Gasteiger partial charge in [-0.2, -0.15) is 0 Å². The minimum atomic E-state index is -1.68. The SMILES string of the molecule is CCN(CC)c1ccc(/N=C2/C(C(C)(C)F)=Nn3nc(-c4nccs4)nc32)c(C)c1. The Morgan fingerprint density at radius 3 is 2.60 bits per heavy atom. The number of anilines is 1. The predicted octanol–water partition coefficient (Wildman–Crippen LogP) is 4.64. The first-order chi connectivity index (χ1) is 14.3. The van der Waals surface area contributed by atoms with Crippen molar-refractivity contribution in [1.29, 1.82) is 0 Å². The van der Waals surface area contributed by atoms with Crippen molar-refractivity contribution in [3.05, 3.63) is 41.2 Å². The summed E-state index contributed by atoms with van der Waals surface area (Å²) < 4.78 is 14.9. The van der Waals surface area contributed by atoms with Crippen molar-refractivity contribution in [2.24, 2.45) is 10.1 Å². The van der Waals surface area contributed by atoms with Crippen molar-refractivity contribution >= 4 is 34.1 Å². The Morgan fingerprint density at radius 2 is 2.00 bits per heavy atom. The van der Waals surface area contributed by atoms with E-state index in [-0.39, 0.29) is 5.71 Å². The molecule has 156 valence electrons. The summed E-state index contributed by atoms with van der Waals surface area (Å²) in [4.78, 5) is 17.2. The lowest BCUT2D eigenvalue weighted by Gasteiger charge is -2.21. The van der Waals surface area contributed by atoms with E-state index >= 15 is 0 Å². The van der Waals surface area contributed by atoms with E-state index in [1.54, 1.807) is 6.20 Å². The number of aliphatic imine (C=N–C) groups is 1. The fourth-order valence-electron chi connectivity index (χ4n) is 3.37. The Balaban J connectivity index is 1.79. The Labute approximate surface area is 179 Å². The fraction of sp³-hybridized carbons (Fsp3) is 0.381. The fourth-order valence-corrected chi connectivity index (χ4v) is 3.93. The number of nitrogens with zero attached hydrogens (tertiary/aromatic N) is 7. The highest BCUT2D eigenvalue weighted by atomic mass is 32.1. The molecule has 30 heavy (non-hydrogen) atoms. The molecule has 0 saturated carbocycles. The number of thiazole rings is 1. The molecular formula is C21H24FN7S. The molecule has 3 heterocycles. The highest BCUT2D eigenvalue weighted by Crippen LogP contribution is 2.29. The van der Waals surface area contributed by atoms with Crippen LogP contribution in [0.4, 0.5) is 15.8 Å². The number of hydrogen-bond donors (Lipinski definition) is 0. The van der Waals surface area contributed by atoms with Gasteiger partial charge < -0.3 is 4.90 Å². The van der Waals surface area contributed by atoms with Crippen molar-refractivity contribution in [2.75, 3.05) is 18.0 Å². The van der Waals surface area contributed by atoms with E-state index in [4.69, 9.17) is 4.99 Å². The molecule has 1 aromatic carbocycles. The standard InChI is InChI=1S/C21H24FN7S/c1-6-28(7-2)14-8-9-15(13(3)12-14)24-16-17(21(4,5)22)26-29-19(16)25-18(27-29)20-23-10-11-30-20/h8-12H,6-7H2,1-5H3/b24-16-. The van der Waals surface area contributed by atoms with E-state index in [1.165, 1.54) is 30.0 Å². The largest absolute Gasteiger partial charge is 0.372 e. The molecule has 4 rings (SSSR count). The third kappa shape index (κ3) is 3.65. The van der Waals surface area contributed by atoms with E-state index in [9.17, 15) is 4.39 Å². The van der Waals surface area contributed by atoms with Gasteiger partial charge in [0.15, 0.2) is 10.7 Å². The molecule has 0 amide bonds. The number of rotatable bonds is 6. The van der Waals surface area contributed by atoms with Crippen LogP contribution in [-0.2, 0) is 0 Å². The highest BCUT2D eigenvalue weighted by molar-refractivity contribution is 7.13. The van der Waals surface area contributed by atoms with Gasteiger partial charge in [-0.1, -0.05) is 0 Å². The van der Waals surface area contributed by atoms with Crippen LogP contribution < -0.4 is 4.90 Å². The second kappa shape index (κ2) is 7.71. The van der Waals surface area contributed by atoms with E-state index < -0.39 is 5.67 Å². The lowest BCUT2D eigenvalue weighted by Crippen LogP contribution is -2.32. The number of aromatic nitrogens is 4. The van der Waals surface area contributed by atoms with E-state index in [0.717, 1.165) is 30.0 Å². The van der Waals surface area contributed by atoms with Crippen molar-refractivity contribution in [3.8, 4) is 10.8 Å². The zero-order chi connectivity index (χ0) is 21.5. The average Bonchev–Trinajstić information content (AvgIpc) is 3.41. The third-order valence-electron chi connectivity index (χ3n) is 4.95. The molecule has 0 spiro atoms. The van der Waals surface area contributed by atoms with Gasteiger partial charge in [-0.15, -0.1) is 26.3 Å². The van der Waals surface area contributed by atoms with Gasteiger partial charge in [0.25, 0.3) is 0 Å². The maximum absolute atomic E-state index is 14.9. The maximum Gasteiger partial charge on any atom is 0.212 e. The minimum absolute atomic E-state index is 0.218. The summed E-state index contributed by atoms with van der Waals surface area (Å²) in [6, 6.07) is 6.10. The molecule has 1 aliphatic rings. The second-order valence-corrected chi connectivity index (χ2v) is 8.40. The summed E-state index contributed by atoms with van der Waals surface area (Å²) in [6.45, 7) is 11.1. The van der Waals surface area contributed by atoms with Crippen LogP contribution in [0.15, 0.2) is 39.9 Å². The van der Waals surface area contributed by atoms with Crippen LogP contribution in [0.5, 0.6) is 0 Å². The number of hydrogen-bond acceptors (Lipinski definition) is 7. The lowest BCUT2D eigenvalue weighted by atomic mass is 10.0. The number of benzene rings is 1. The Hall–Kier alpha value is -2.94. The van der Waals surface area contributed by atoms with Gasteiger partial charge in [-0.3, -0.25) is 0 Å². The smallest absolute Gasteiger partial charge is 0.212 e. The average molecular weight is 426 g/mol. The number of fused-ring (bicyclic) bond motifs is 1. The van der Waals surface area contributed by atoms with Gasteiger partial charge in [0.2, 0.25) is 11.6 Å². The summed E-state index contributed by atoms with van der Waals surface area (Å²) in [5.41, 5.74) is 1.83. The molecule has 1 aliphatic heterocycles. The molecule has 7 nitrogen and oxygen atoms in total. The van der Waals surface area contributed by atoms with Gasteiger partial charge in [0.1, 0.15) is 11.4 Å². The van der Waals surface area contributed by atoms with Crippen LogP contribution >= 0.6 is 11.3 Å². The van der Waals surface area contributed by atoms with E-state index in [0.29, 0.717) is 22.4 Å². The second-order valence-electron chi connectivity index (χ2n) is 7.51. The first kappa shape index (κ1) is 20.3. The van der Waals surface area contributed by atoms with Gasteiger partial charge in [0.05, 0.1) is 5.69 Å². The van der Waals surface area contributed by atoms with Gasteiger partial charge in [-0.05, 0) is 58.4 Å². The molecule has 0 unspecified atom stereocenters. The van der Waals surface area contributed by atoms with Crippen molar-refractivity contribution in [3.63, 3.8) is 0 Å². The summed E-state index contributed by atoms with van der Waals surface area (Å²) in [5, 5.41) is 11.3. The van der Waals surface area contributed by atoms with Gasteiger partial charge in [0, 0.05) is 30.4 Å². The molecule has 0 saturated heterocycles. The normalized spacial score (nSPS) is 14.9. The van der Waals surface area contributed by atoms with Crippen LogP contribution in [0.25, 0.3) is 10.8 Å². The summed E-state index contributed by atoms with van der Waals surface area (Å²) in [5.74, 6) is 0.883. The number of alkyl halides is 1. The third-order valence-corrected chi connectivity index (χ3v) is 5.72. The molecular weight excluding hydrogens is 401 g/mol. The summed E-state index contributed by atoms with van der Waals surface area (Å²) in [6.07, 6.45) is 1.70. The Kier molecular flexibility index (Phi) is 5.23. The zero-order valence-electron chi connectivity index (χ0n) is 17.7. The van der Waals surface area contributed by atoms with Crippen LogP contribution in [0.1, 0.15) is 39.1 Å². The number of halogens is 1. The molecule has 0 atom stereocenters. The first-order valence-electron chi connectivity index (χ1n) is 9.92. The van der Waals surface area contributed by atoms with Gasteiger partial charge >= 0.3 is 0 Å². The number of aryl methyl sites for hydroxylation is 1. The first-order valence-corrected chi connectivity index (χ1v) is 10.8. The van der Waals surface area contributed by atoms with Gasteiger partial charge in [-0.25, -0.2) is 19.4 Å². The quantitative estimate of drug-likeness (QED) is 0.577. The predicted molar refractivity (Wildman–Crippen MR) is 120 cm³/mol. The van der Waals surface area contributed by atoms with E-state index in [2.05, 4.69) is 45.0 Å². The zero-order valence-corrected chi connectivity index (χ0v) is 18.5. The van der Waals surface area contributed by atoms with Crippen molar-refractivity contribution in [2.45, 2.75) is 40.3 Å². The molecule has 0 fully saturated rings. The molecule has 0 aliphatic carbocycles. The van der Waals surface area contributed by atoms with Crippen LogP contribution in [0.2, 0.25) is 0 Å². The Bertz CT molecular complexity index is 1120. The summed E-state index contributed by atoms with van der Waals surface area (Å²) in [7, 11) is 0. The molecule has 0 radical (unpaired) electrons. The monoisotopic (exact) mass is 425 g/mol. The topological polar surface area (TPSA) is 71.6 Å². The summed E-state index contributed by atoms with van der Waals surface area (Å²) >= 11 is 1.44. The molecule has 2 aromatic heterocycles. The van der Waals surface area contributed by atoms with E-state index in [1.807, 2.05) is 24.4 Å². The molecule has 9 heteroatoms. The minimum Gasteiger partial charge on any atom is -0.372 e. The van der Waals surface area contributed by atoms with Crippen LogP contribution in [-0.4, -0.2) is 50.0 Å². The van der Waals surface area contributed by atoms with Crippen LogP contribution in [0, 0.1) is 6.92 Å². The highest BCUT2D eigenvalue weighted by Gasteiger charge is 2.38. The Morgan fingerprint density at radius 1 is 1.23 bits per heavy atom. The molecule has 0 N–H and O–H groups in total. The maximum atomic E-state index is 14.9. The van der Waals surface area contributed by atoms with Crippen LogP contribution in [0.3, 0.4) is 0 Å². The molecule has 0 bridgehead atoms. The lowest BCUT2D eigenvalue weighted by molar-refractivity contribution is 0.316. The van der Waals surface area contributed by atoms with Crippen molar-refractivity contribution < 1.29 is 4.39 Å². The van der Waals surface area contributed by atoms with Crippen molar-refractivity contribution in [1.82, 2.24) is 19.9 Å². The molecule has 3 aromatic rings.